The van der Waals surface area contributed by atoms with Crippen LogP contribution in [-0.4, -0.2) is 134 Å². The van der Waals surface area contributed by atoms with Crippen molar-refractivity contribution in [3.63, 3.8) is 0 Å². The topological polar surface area (TPSA) is 307 Å². The van der Waals surface area contributed by atoms with E-state index in [0.29, 0.717) is 12.8 Å². The molecule has 1 rings (SSSR count). The number of carbonyl (C=O) groups is 10. The van der Waals surface area contributed by atoms with Crippen molar-refractivity contribution < 1.29 is 68.0 Å². The number of carboxylic acids is 3. The highest BCUT2D eigenvalue weighted by Gasteiger charge is 2.42. The molecule has 0 bridgehead atoms. The molecule has 22 heteroatoms. The van der Waals surface area contributed by atoms with Crippen LogP contribution in [-0.2, 0) is 47.9 Å². The second kappa shape index (κ2) is 23.9. The van der Waals surface area contributed by atoms with Crippen LogP contribution in [0.5, 0.6) is 0 Å². The number of carboxylic acid groups (broad SMARTS) is 3. The minimum Gasteiger partial charge on any atom is -0.481 e. The Kier molecular flexibility index (Phi) is 20.9. The van der Waals surface area contributed by atoms with Gasteiger partial charge in [-0.15, -0.1) is 0 Å². The summed E-state index contributed by atoms with van der Waals surface area (Å²) in [6, 6.07) is -7.16. The Morgan fingerprint density at radius 3 is 1.81 bits per heavy atom. The molecule has 0 aliphatic carbocycles. The van der Waals surface area contributed by atoms with Gasteiger partial charge >= 0.3 is 24.0 Å². The molecular formula is C36H58ClN7O14. The Morgan fingerprint density at radius 2 is 1.33 bits per heavy atom. The molecule has 8 N–H and O–H groups in total. The molecular weight excluding hydrogens is 790 g/mol. The van der Waals surface area contributed by atoms with Crippen LogP contribution in [0.4, 0.5) is 4.79 Å². The number of hydrazine groups is 1. The van der Waals surface area contributed by atoms with Crippen LogP contribution in [0, 0.1) is 23.7 Å². The number of likely N-dealkylation sites (tertiary alicyclic amines) is 1. The minimum atomic E-state index is -2.22. The molecule has 0 spiro atoms. The second-order valence-electron chi connectivity index (χ2n) is 15.0. The first-order valence-electron chi connectivity index (χ1n) is 19.0. The highest BCUT2D eigenvalue weighted by Crippen LogP contribution is 2.22. The highest BCUT2D eigenvalue weighted by atomic mass is 35.5. The molecule has 7 amide bonds. The minimum absolute atomic E-state index is 0.0817. The second-order valence-corrected chi connectivity index (χ2v) is 15.4. The average Bonchev–Trinajstić information content (AvgIpc) is 3.61. The van der Waals surface area contributed by atoms with Gasteiger partial charge in [-0.1, -0.05) is 60.1 Å². The number of aliphatic carboxylic acids is 3. The zero-order valence-electron chi connectivity index (χ0n) is 34.0. The molecule has 21 nitrogen and oxygen atoms in total. The van der Waals surface area contributed by atoms with Gasteiger partial charge in [0.15, 0.2) is 11.5 Å². The smallest absolute Gasteiger partial charge is 0.430 e. The summed E-state index contributed by atoms with van der Waals surface area (Å²) in [6.07, 6.45) is -1.82. The van der Waals surface area contributed by atoms with E-state index >= 15 is 0 Å². The number of nitrogens with one attached hydrogen (secondary N) is 5. The van der Waals surface area contributed by atoms with Gasteiger partial charge < -0.3 is 46.2 Å². The summed E-state index contributed by atoms with van der Waals surface area (Å²) >= 11 is 6.10. The molecule has 0 aromatic heterocycles. The van der Waals surface area contributed by atoms with Gasteiger partial charge in [0.25, 0.3) is 5.91 Å². The Morgan fingerprint density at radius 1 is 0.776 bits per heavy atom. The molecule has 1 aliphatic heterocycles. The average molecular weight is 848 g/mol. The number of amides is 7. The normalized spacial score (nSPS) is 16.4. The van der Waals surface area contributed by atoms with Gasteiger partial charge in [0.1, 0.15) is 30.2 Å². The number of ether oxygens (including phenoxy) is 1. The summed E-state index contributed by atoms with van der Waals surface area (Å²) in [5.74, 6) is -14.0. The fraction of sp³-hybridized carbons (Fsp3) is 0.722. The summed E-state index contributed by atoms with van der Waals surface area (Å²) in [6.45, 7) is 12.8. The van der Waals surface area contributed by atoms with E-state index in [0.717, 1.165) is 11.9 Å². The molecule has 1 unspecified atom stereocenters. The molecule has 328 valence electrons. The van der Waals surface area contributed by atoms with Crippen molar-refractivity contribution in [2.24, 2.45) is 23.7 Å². The van der Waals surface area contributed by atoms with Gasteiger partial charge in [0.2, 0.25) is 29.5 Å². The van der Waals surface area contributed by atoms with E-state index in [-0.39, 0.29) is 25.4 Å². The Labute approximate surface area is 341 Å². The van der Waals surface area contributed by atoms with Crippen LogP contribution in [0.1, 0.15) is 93.9 Å². The van der Waals surface area contributed by atoms with Gasteiger partial charge in [0.05, 0.1) is 0 Å². The van der Waals surface area contributed by atoms with Gasteiger partial charge in [-0.2, -0.15) is 0 Å². The molecule has 0 radical (unpaired) electrons. The van der Waals surface area contributed by atoms with E-state index < -0.39 is 132 Å². The summed E-state index contributed by atoms with van der Waals surface area (Å²) < 4.78 is 5.23. The fourth-order valence-electron chi connectivity index (χ4n) is 5.78. The summed E-state index contributed by atoms with van der Waals surface area (Å²) in [4.78, 5) is 129. The molecule has 6 atom stereocenters. The van der Waals surface area contributed by atoms with E-state index in [9.17, 15) is 58.2 Å². The zero-order chi connectivity index (χ0) is 44.6. The van der Waals surface area contributed by atoms with E-state index in [4.69, 9.17) is 21.4 Å². The number of carbonyl (C=O) groups excluding carboxylic acids is 7. The van der Waals surface area contributed by atoms with Crippen LogP contribution in [0.25, 0.3) is 0 Å². The van der Waals surface area contributed by atoms with E-state index in [1.54, 1.807) is 34.6 Å². The van der Waals surface area contributed by atoms with E-state index in [2.05, 4.69) is 26.7 Å². The van der Waals surface area contributed by atoms with Crippen molar-refractivity contribution in [3.8, 4) is 0 Å². The largest absolute Gasteiger partial charge is 0.481 e. The molecule has 1 saturated heterocycles. The van der Waals surface area contributed by atoms with Gasteiger partial charge in [-0.3, -0.25) is 48.6 Å². The van der Waals surface area contributed by atoms with Crippen molar-refractivity contribution in [2.75, 3.05) is 13.1 Å². The van der Waals surface area contributed by atoms with Gasteiger partial charge in [-0.25, -0.2) is 9.80 Å². The quantitative estimate of drug-likeness (QED) is 0.0416. The van der Waals surface area contributed by atoms with Crippen molar-refractivity contribution in [2.45, 2.75) is 130 Å². The van der Waals surface area contributed by atoms with Crippen molar-refractivity contribution in [1.82, 2.24) is 36.6 Å². The summed E-state index contributed by atoms with van der Waals surface area (Å²) in [7, 11) is 0. The summed E-state index contributed by atoms with van der Waals surface area (Å²) in [5.41, 5.74) is 1.55. The molecule has 0 aromatic rings. The Hall–Kier alpha value is -5.21. The maximum Gasteiger partial charge on any atom is 0.430 e. The lowest BCUT2D eigenvalue weighted by Gasteiger charge is -2.33. The van der Waals surface area contributed by atoms with Crippen molar-refractivity contribution in [1.29, 1.82) is 0 Å². The van der Waals surface area contributed by atoms with Gasteiger partial charge in [0, 0.05) is 38.8 Å². The molecule has 0 aromatic carbocycles. The lowest BCUT2D eigenvalue weighted by atomic mass is 9.96. The van der Waals surface area contributed by atoms with Crippen molar-refractivity contribution >= 4 is 71.0 Å². The number of hydrogen-bond acceptors (Lipinski definition) is 11. The molecule has 1 aliphatic rings. The first-order chi connectivity index (χ1) is 26.9. The number of halogens is 1. The monoisotopic (exact) mass is 847 g/mol. The van der Waals surface area contributed by atoms with Crippen molar-refractivity contribution in [3.05, 3.63) is 0 Å². The first-order valence-corrected chi connectivity index (χ1v) is 19.5. The molecule has 1 fully saturated rings. The third kappa shape index (κ3) is 16.0. The first kappa shape index (κ1) is 50.8. The number of nitrogens with zero attached hydrogens (tertiary/aromatic N) is 2. The molecule has 58 heavy (non-hydrogen) atoms. The highest BCUT2D eigenvalue weighted by molar-refractivity contribution is 6.20. The van der Waals surface area contributed by atoms with Crippen LogP contribution < -0.4 is 26.7 Å². The molecule has 0 saturated carbocycles. The summed E-state index contributed by atoms with van der Waals surface area (Å²) in [5, 5.41) is 38.5. The lowest BCUT2D eigenvalue weighted by Crippen LogP contribution is -2.61. The SMILES string of the molecule is CCCN(NC(=O)[C@@H]1CCCN1C(=O)[C@@H](NC(=O)[C@@H](NC(=O)[C@H](CC(C(=O)O)C(=O)O)NC(=O)[C@H](CCC(=O)O)NC(C)=O)C(C)C)C(C)C)C(=O)OC(Cl)C(C)C. The number of rotatable bonds is 22. The van der Waals surface area contributed by atoms with E-state index in [1.165, 1.54) is 18.7 Å². The number of hydrogen-bond donors (Lipinski definition) is 8. The van der Waals surface area contributed by atoms with E-state index in [1.807, 2.05) is 0 Å². The van der Waals surface area contributed by atoms with Crippen LogP contribution >= 0.6 is 11.6 Å². The van der Waals surface area contributed by atoms with Gasteiger partial charge in [-0.05, 0) is 37.5 Å². The fourth-order valence-corrected chi connectivity index (χ4v) is 5.85. The maximum atomic E-state index is 14.0. The Bertz CT molecular complexity index is 1510. The van der Waals surface area contributed by atoms with Crippen LogP contribution in [0.15, 0.2) is 0 Å². The molecule has 1 heterocycles. The third-order valence-corrected chi connectivity index (χ3v) is 9.60. The van der Waals surface area contributed by atoms with Crippen LogP contribution in [0.2, 0.25) is 0 Å². The lowest BCUT2D eigenvalue weighted by molar-refractivity contribution is -0.156. The zero-order valence-corrected chi connectivity index (χ0v) is 34.8. The third-order valence-electron chi connectivity index (χ3n) is 9.01. The maximum absolute atomic E-state index is 14.0. The Balaban J connectivity index is 3.35. The predicted octanol–water partition coefficient (Wildman–Crippen LogP) is 0.390. The predicted molar refractivity (Wildman–Crippen MR) is 204 cm³/mol. The standard InChI is InChI=1S/C36H58ClN7O14/c1-9-14-44(36(57)58-28(37)19(6)7)42-31(50)24-11-10-15-43(24)33(52)27(18(4)5)41-32(51)26(17(2)3)40-30(49)23(16-21(34(53)54)35(55)56)39-29(48)22(38-20(8)45)12-13-25(46)47/h17-19,21-24,26-28H,9-16H2,1-8H3,(H,38,45)(H,39,48)(H,40,49)(H,41,51)(H,42,50)(H,46,47)(H,53,54)(H,55,56)/t22-,23-,24-,26-,27-,28?/m0/s1. The number of alkyl halides is 1. The van der Waals surface area contributed by atoms with Crippen LogP contribution in [0.3, 0.4) is 0 Å².